The van der Waals surface area contributed by atoms with E-state index < -0.39 is 0 Å². The summed E-state index contributed by atoms with van der Waals surface area (Å²) in [7, 11) is 1.79. The van der Waals surface area contributed by atoms with Gasteiger partial charge in [0.1, 0.15) is 10.7 Å². The molecule has 0 saturated carbocycles. The van der Waals surface area contributed by atoms with Crippen LogP contribution in [0.1, 0.15) is 16.1 Å². The van der Waals surface area contributed by atoms with Gasteiger partial charge < -0.3 is 5.32 Å². The van der Waals surface area contributed by atoms with Gasteiger partial charge in [-0.15, -0.1) is 0 Å². The van der Waals surface area contributed by atoms with Gasteiger partial charge >= 0.3 is 0 Å². The minimum Gasteiger partial charge on any atom is -0.316 e. The van der Waals surface area contributed by atoms with Gasteiger partial charge in [0.25, 0.3) is 11.5 Å². The molecule has 150 valence electrons. The second kappa shape index (κ2) is 8.42. The molecule has 0 bridgehead atoms. The van der Waals surface area contributed by atoms with Gasteiger partial charge in [-0.3, -0.25) is 14.3 Å². The Balaban J connectivity index is 1.67. The van der Waals surface area contributed by atoms with Crippen LogP contribution in [0.15, 0.2) is 93.7 Å². The summed E-state index contributed by atoms with van der Waals surface area (Å²) in [6, 6.07) is 22.5. The minimum absolute atomic E-state index is 0.255. The lowest BCUT2D eigenvalue weighted by Gasteiger charge is -2.08. The number of para-hydroxylation sites is 1. The van der Waals surface area contributed by atoms with Crippen molar-refractivity contribution in [3.05, 3.63) is 101 Å². The lowest BCUT2D eigenvalue weighted by atomic mass is 10.2. The topological polar surface area (TPSA) is 68.9 Å². The van der Waals surface area contributed by atoms with Crippen LogP contribution in [0.3, 0.4) is 0 Å². The molecule has 0 aliphatic carbocycles. The normalized spacial score (nSPS) is 10.7. The van der Waals surface area contributed by atoms with Crippen molar-refractivity contribution in [3.8, 4) is 5.69 Å². The van der Waals surface area contributed by atoms with E-state index in [1.165, 1.54) is 16.4 Å². The van der Waals surface area contributed by atoms with Gasteiger partial charge in [0.2, 0.25) is 0 Å². The van der Waals surface area contributed by atoms with Gasteiger partial charge in [0.05, 0.1) is 16.9 Å². The van der Waals surface area contributed by atoms with Gasteiger partial charge in [-0.25, -0.2) is 9.67 Å². The van der Waals surface area contributed by atoms with E-state index >= 15 is 0 Å². The van der Waals surface area contributed by atoms with Crippen LogP contribution in [-0.4, -0.2) is 20.3 Å². The fourth-order valence-electron chi connectivity index (χ4n) is 3.14. The third kappa shape index (κ3) is 3.79. The maximum atomic E-state index is 13.1. The highest BCUT2D eigenvalue weighted by atomic mass is 32.2. The summed E-state index contributed by atoms with van der Waals surface area (Å²) in [5, 5.41) is 3.39. The van der Waals surface area contributed by atoms with E-state index in [1.54, 1.807) is 37.0 Å². The Morgan fingerprint density at radius 1 is 0.967 bits per heavy atom. The molecule has 2 heterocycles. The highest BCUT2D eigenvalue weighted by Gasteiger charge is 2.20. The second-order valence-corrected chi connectivity index (χ2v) is 7.72. The lowest BCUT2D eigenvalue weighted by molar-refractivity contribution is 0.102. The number of hydrogen-bond donors (Lipinski definition) is 1. The first-order chi connectivity index (χ1) is 14.6. The average molecular weight is 417 g/mol. The highest BCUT2D eigenvalue weighted by molar-refractivity contribution is 7.99. The monoisotopic (exact) mass is 416 g/mol. The summed E-state index contributed by atoms with van der Waals surface area (Å²) < 4.78 is 3.27. The summed E-state index contributed by atoms with van der Waals surface area (Å²) in [6.07, 6.45) is 1.65. The van der Waals surface area contributed by atoms with Crippen LogP contribution in [-0.2, 0) is 7.05 Å². The largest absolute Gasteiger partial charge is 0.316 e. The minimum atomic E-state index is -0.368. The number of carbonyl (C=O) groups is 1. The molecule has 1 amide bonds. The first-order valence-electron chi connectivity index (χ1n) is 9.39. The molecule has 4 rings (SSSR count). The Morgan fingerprint density at radius 3 is 2.33 bits per heavy atom. The summed E-state index contributed by atoms with van der Waals surface area (Å²) >= 11 is 1.41. The highest BCUT2D eigenvalue weighted by Crippen LogP contribution is 2.28. The second-order valence-electron chi connectivity index (χ2n) is 6.66. The van der Waals surface area contributed by atoms with Crippen molar-refractivity contribution in [1.29, 1.82) is 0 Å². The van der Waals surface area contributed by atoms with Crippen molar-refractivity contribution >= 4 is 23.4 Å². The maximum absolute atomic E-state index is 13.1. The van der Waals surface area contributed by atoms with Gasteiger partial charge in [-0.2, -0.15) is 0 Å². The number of anilines is 1. The molecule has 0 aliphatic heterocycles. The fraction of sp³-hybridized carbons (Fsp3) is 0.0870. The summed E-state index contributed by atoms with van der Waals surface area (Å²) in [5.74, 6) is -0.368. The Labute approximate surface area is 178 Å². The fourth-order valence-corrected chi connectivity index (χ4v) is 4.04. The first kappa shape index (κ1) is 19.7. The number of pyridine rings is 1. The van der Waals surface area contributed by atoms with E-state index in [4.69, 9.17) is 0 Å². The van der Waals surface area contributed by atoms with Crippen LogP contribution < -0.4 is 10.9 Å². The van der Waals surface area contributed by atoms with E-state index in [1.807, 2.05) is 60.7 Å². The van der Waals surface area contributed by atoms with Crippen LogP contribution in [0.2, 0.25) is 0 Å². The lowest BCUT2D eigenvalue weighted by Crippen LogP contribution is -2.23. The number of carbonyl (C=O) groups excluding carboxylic acids is 1. The maximum Gasteiger partial charge on any atom is 0.295 e. The zero-order valence-electron chi connectivity index (χ0n) is 16.6. The smallest absolute Gasteiger partial charge is 0.295 e. The zero-order chi connectivity index (χ0) is 21.1. The number of nitrogens with one attached hydrogen (secondary N) is 1. The van der Waals surface area contributed by atoms with Gasteiger partial charge in [-0.05, 0) is 43.3 Å². The molecule has 0 saturated heterocycles. The quantitative estimate of drug-likeness (QED) is 0.527. The molecule has 0 radical (unpaired) electrons. The number of amides is 1. The molecule has 2 aromatic carbocycles. The third-order valence-electron chi connectivity index (χ3n) is 4.77. The number of rotatable bonds is 5. The van der Waals surface area contributed by atoms with E-state index in [0.29, 0.717) is 16.3 Å². The summed E-state index contributed by atoms with van der Waals surface area (Å²) in [6.45, 7) is 1.80. The van der Waals surface area contributed by atoms with Crippen molar-refractivity contribution < 1.29 is 4.79 Å². The number of benzene rings is 2. The Bertz CT molecular complexity index is 1250. The molecular formula is C23H20N4O2S. The Hall–Kier alpha value is -3.58. The standard InChI is InChI=1S/C23H20N4O2S/c1-16-20(23(29)27(26(16)2)17-10-5-3-6-11-17)25-21(28)19-14-9-15-24-22(19)30-18-12-7-4-8-13-18/h3-15H,1-2H3,(H,25,28). The number of hydrogen-bond acceptors (Lipinski definition) is 4. The van der Waals surface area contributed by atoms with Crippen LogP contribution in [0.5, 0.6) is 0 Å². The molecule has 6 nitrogen and oxygen atoms in total. The van der Waals surface area contributed by atoms with Gasteiger partial charge in [0.15, 0.2) is 0 Å². The molecule has 0 spiro atoms. The van der Waals surface area contributed by atoms with Crippen molar-refractivity contribution in [1.82, 2.24) is 14.3 Å². The molecule has 30 heavy (non-hydrogen) atoms. The van der Waals surface area contributed by atoms with Gasteiger partial charge in [-0.1, -0.05) is 48.2 Å². The summed E-state index contributed by atoms with van der Waals surface area (Å²) in [4.78, 5) is 31.5. The molecule has 0 atom stereocenters. The van der Waals surface area contributed by atoms with Crippen LogP contribution in [0.25, 0.3) is 5.69 Å². The van der Waals surface area contributed by atoms with Crippen LogP contribution in [0, 0.1) is 6.92 Å². The average Bonchev–Trinajstić information content (AvgIpc) is 2.98. The van der Waals surface area contributed by atoms with Crippen LogP contribution in [0.4, 0.5) is 5.69 Å². The predicted octanol–water partition coefficient (Wildman–Crippen LogP) is 4.28. The molecule has 0 unspecified atom stereocenters. The van der Waals surface area contributed by atoms with Crippen molar-refractivity contribution in [3.63, 3.8) is 0 Å². The third-order valence-corrected chi connectivity index (χ3v) is 5.79. The molecule has 0 aliphatic rings. The van der Waals surface area contributed by atoms with Crippen molar-refractivity contribution in [2.24, 2.45) is 7.05 Å². The SMILES string of the molecule is Cc1c(NC(=O)c2cccnc2Sc2ccccc2)c(=O)n(-c2ccccc2)n1C. The van der Waals surface area contributed by atoms with E-state index in [9.17, 15) is 9.59 Å². The Kier molecular flexibility index (Phi) is 5.54. The van der Waals surface area contributed by atoms with Crippen molar-refractivity contribution in [2.45, 2.75) is 16.8 Å². The number of aromatic nitrogens is 3. The van der Waals surface area contributed by atoms with E-state index in [2.05, 4.69) is 10.3 Å². The van der Waals surface area contributed by atoms with E-state index in [-0.39, 0.29) is 17.2 Å². The Morgan fingerprint density at radius 2 is 1.63 bits per heavy atom. The zero-order valence-corrected chi connectivity index (χ0v) is 17.4. The molecule has 2 aromatic heterocycles. The van der Waals surface area contributed by atoms with Gasteiger partial charge in [0, 0.05) is 18.1 Å². The molecular weight excluding hydrogens is 396 g/mol. The molecule has 4 aromatic rings. The van der Waals surface area contributed by atoms with Crippen molar-refractivity contribution in [2.75, 3.05) is 5.32 Å². The molecule has 1 N–H and O–H groups in total. The molecule has 7 heteroatoms. The first-order valence-corrected chi connectivity index (χ1v) is 10.2. The van der Waals surface area contributed by atoms with E-state index in [0.717, 1.165) is 10.6 Å². The predicted molar refractivity (Wildman–Crippen MR) is 119 cm³/mol. The summed E-state index contributed by atoms with van der Waals surface area (Å²) in [5.41, 5.74) is 1.79. The molecule has 0 fully saturated rings. The number of nitrogens with zero attached hydrogens (tertiary/aromatic N) is 3. The van der Waals surface area contributed by atoms with Crippen LogP contribution >= 0.6 is 11.8 Å².